The minimum atomic E-state index is 0.368. The van der Waals surface area contributed by atoms with Gasteiger partial charge in [-0.05, 0) is 19.3 Å². The lowest BCUT2D eigenvalue weighted by atomic mass is 10.2. The summed E-state index contributed by atoms with van der Waals surface area (Å²) in [4.78, 5) is 10.4. The van der Waals surface area contributed by atoms with Crippen LogP contribution in [0.15, 0.2) is 0 Å². The molecule has 1 nitrogen and oxygen atoms in total. The molecule has 0 amide bonds. The number of Topliss-reactive ketones (excluding diaryl/α,β-unsaturated/α-hetero) is 1. The van der Waals surface area contributed by atoms with Crippen molar-refractivity contribution in [1.82, 2.24) is 0 Å². The monoisotopic (exact) mass is 98.1 g/mol. The topological polar surface area (TPSA) is 17.1 Å². The zero-order valence-electron chi connectivity index (χ0n) is 4.77. The molecule has 1 heteroatoms. The Balaban J connectivity index is 2.33. The van der Waals surface area contributed by atoms with E-state index in [-0.39, 0.29) is 0 Å². The fourth-order valence-electron chi connectivity index (χ4n) is 0.889. The first-order valence-electron chi connectivity index (χ1n) is 2.72. The van der Waals surface area contributed by atoms with Crippen molar-refractivity contribution in [3.05, 3.63) is 0 Å². The minimum Gasteiger partial charge on any atom is -0.300 e. The predicted molar refractivity (Wildman–Crippen MR) is 28.0 cm³/mol. The molecule has 1 fully saturated rings. The molecule has 1 aliphatic rings. The fourth-order valence-corrected chi connectivity index (χ4v) is 0.889. The highest BCUT2D eigenvalue weighted by Crippen LogP contribution is 2.37. The van der Waals surface area contributed by atoms with Crippen LogP contribution in [-0.2, 0) is 4.79 Å². The molecule has 2 atom stereocenters. The van der Waals surface area contributed by atoms with Gasteiger partial charge in [-0.2, -0.15) is 0 Å². The first kappa shape index (κ1) is 4.82. The lowest BCUT2D eigenvalue weighted by molar-refractivity contribution is -0.118. The highest BCUT2D eigenvalue weighted by molar-refractivity contribution is 5.80. The number of hydrogen-bond acceptors (Lipinski definition) is 1. The average Bonchev–Trinajstić information content (AvgIpc) is 2.17. The Bertz CT molecular complexity index is 96.4. The summed E-state index contributed by atoms with van der Waals surface area (Å²) in [7, 11) is 0. The summed E-state index contributed by atoms with van der Waals surface area (Å²) in [6, 6.07) is 0. The summed E-state index contributed by atoms with van der Waals surface area (Å²) >= 11 is 0. The van der Waals surface area contributed by atoms with Gasteiger partial charge in [0.05, 0.1) is 0 Å². The van der Waals surface area contributed by atoms with Crippen molar-refractivity contribution in [2.75, 3.05) is 0 Å². The zero-order chi connectivity index (χ0) is 5.44. The quantitative estimate of drug-likeness (QED) is 0.482. The summed E-state index contributed by atoms with van der Waals surface area (Å²) in [5.74, 6) is 1.49. The molecule has 0 aromatic heterocycles. The van der Waals surface area contributed by atoms with Crippen molar-refractivity contribution in [3.63, 3.8) is 0 Å². The van der Waals surface area contributed by atoms with E-state index in [4.69, 9.17) is 0 Å². The van der Waals surface area contributed by atoms with Crippen molar-refractivity contribution < 1.29 is 4.79 Å². The average molecular weight is 98.1 g/mol. The molecule has 0 bridgehead atoms. The Hall–Kier alpha value is -0.330. The fraction of sp³-hybridized carbons (Fsp3) is 0.833. The van der Waals surface area contributed by atoms with Gasteiger partial charge in [-0.15, -0.1) is 0 Å². The lowest BCUT2D eigenvalue weighted by Gasteiger charge is -1.80. The van der Waals surface area contributed by atoms with E-state index < -0.39 is 0 Å². The van der Waals surface area contributed by atoms with Crippen LogP contribution in [0, 0.1) is 11.8 Å². The summed E-state index contributed by atoms with van der Waals surface area (Å²) in [5, 5.41) is 0. The van der Waals surface area contributed by atoms with Gasteiger partial charge in [0.2, 0.25) is 0 Å². The highest BCUT2D eigenvalue weighted by atomic mass is 16.1. The number of ketones is 1. The van der Waals surface area contributed by atoms with E-state index in [1.54, 1.807) is 6.92 Å². The highest BCUT2D eigenvalue weighted by Gasteiger charge is 2.36. The van der Waals surface area contributed by atoms with Crippen LogP contribution in [0.1, 0.15) is 20.3 Å². The van der Waals surface area contributed by atoms with E-state index >= 15 is 0 Å². The molecule has 7 heavy (non-hydrogen) atoms. The van der Waals surface area contributed by atoms with Crippen LogP contribution in [-0.4, -0.2) is 5.78 Å². The van der Waals surface area contributed by atoms with Gasteiger partial charge in [0.1, 0.15) is 5.78 Å². The summed E-state index contributed by atoms with van der Waals surface area (Å²) in [5.41, 5.74) is 0. The van der Waals surface area contributed by atoms with Gasteiger partial charge in [0, 0.05) is 5.92 Å². The van der Waals surface area contributed by atoms with Gasteiger partial charge in [-0.1, -0.05) is 6.92 Å². The third kappa shape index (κ3) is 0.817. The van der Waals surface area contributed by atoms with Crippen molar-refractivity contribution in [3.8, 4) is 0 Å². The van der Waals surface area contributed by atoms with Gasteiger partial charge >= 0.3 is 0 Å². The Morgan fingerprint density at radius 2 is 2.14 bits per heavy atom. The van der Waals surface area contributed by atoms with E-state index in [1.807, 2.05) is 0 Å². The second-order valence-electron chi connectivity index (χ2n) is 2.43. The molecule has 1 saturated carbocycles. The minimum absolute atomic E-state index is 0.368. The van der Waals surface area contributed by atoms with E-state index in [0.29, 0.717) is 17.6 Å². The summed E-state index contributed by atoms with van der Waals surface area (Å²) in [6.45, 7) is 3.79. The third-order valence-electron chi connectivity index (χ3n) is 1.63. The van der Waals surface area contributed by atoms with Gasteiger partial charge in [0.15, 0.2) is 0 Å². The predicted octanol–water partition coefficient (Wildman–Crippen LogP) is 1.23. The van der Waals surface area contributed by atoms with Crippen molar-refractivity contribution in [2.24, 2.45) is 11.8 Å². The molecular formula is C6H10O. The van der Waals surface area contributed by atoms with Crippen LogP contribution >= 0.6 is 0 Å². The standard InChI is InChI=1S/C6H10O/c1-4-3-6(4)5(2)7/h4,6H,3H2,1-2H3/t4?,6-/m0/s1. The van der Waals surface area contributed by atoms with Crippen molar-refractivity contribution in [1.29, 1.82) is 0 Å². The second-order valence-corrected chi connectivity index (χ2v) is 2.43. The molecule has 0 spiro atoms. The zero-order valence-corrected chi connectivity index (χ0v) is 4.77. The normalized spacial score (nSPS) is 38.0. The van der Waals surface area contributed by atoms with Crippen LogP contribution in [0.2, 0.25) is 0 Å². The Morgan fingerprint density at radius 3 is 2.14 bits per heavy atom. The largest absolute Gasteiger partial charge is 0.300 e. The maximum absolute atomic E-state index is 10.4. The van der Waals surface area contributed by atoms with Gasteiger partial charge in [-0.25, -0.2) is 0 Å². The molecule has 0 radical (unpaired) electrons. The molecule has 1 unspecified atom stereocenters. The number of rotatable bonds is 1. The van der Waals surface area contributed by atoms with Crippen LogP contribution in [0.4, 0.5) is 0 Å². The first-order valence-corrected chi connectivity index (χ1v) is 2.72. The van der Waals surface area contributed by atoms with E-state index in [0.717, 1.165) is 6.42 Å². The lowest BCUT2D eigenvalue weighted by Crippen LogP contribution is -1.92. The van der Waals surface area contributed by atoms with Gasteiger partial charge < -0.3 is 0 Å². The Kier molecular flexibility index (Phi) is 0.911. The van der Waals surface area contributed by atoms with Crippen LogP contribution in [0.25, 0.3) is 0 Å². The molecule has 1 aliphatic carbocycles. The Labute approximate surface area is 43.7 Å². The molecular weight excluding hydrogens is 88.1 g/mol. The van der Waals surface area contributed by atoms with Crippen LogP contribution in [0.5, 0.6) is 0 Å². The SMILES string of the molecule is CC(=O)[C@H]1CC1C. The molecule has 40 valence electrons. The van der Waals surface area contributed by atoms with Gasteiger partial charge in [-0.3, -0.25) is 4.79 Å². The van der Waals surface area contributed by atoms with Crippen LogP contribution < -0.4 is 0 Å². The first-order chi connectivity index (χ1) is 3.22. The van der Waals surface area contributed by atoms with Crippen LogP contribution in [0.3, 0.4) is 0 Å². The number of hydrogen-bond donors (Lipinski definition) is 0. The number of carbonyl (C=O) groups is 1. The maximum atomic E-state index is 10.4. The third-order valence-corrected chi connectivity index (χ3v) is 1.63. The maximum Gasteiger partial charge on any atom is 0.133 e. The van der Waals surface area contributed by atoms with Crippen molar-refractivity contribution >= 4 is 5.78 Å². The van der Waals surface area contributed by atoms with E-state index in [1.165, 1.54) is 0 Å². The molecule has 0 aromatic carbocycles. The van der Waals surface area contributed by atoms with E-state index in [2.05, 4.69) is 6.92 Å². The van der Waals surface area contributed by atoms with E-state index in [9.17, 15) is 4.79 Å². The van der Waals surface area contributed by atoms with Gasteiger partial charge in [0.25, 0.3) is 0 Å². The Morgan fingerprint density at radius 1 is 1.71 bits per heavy atom. The molecule has 0 aliphatic heterocycles. The summed E-state index contributed by atoms with van der Waals surface area (Å²) in [6.07, 6.45) is 1.13. The van der Waals surface area contributed by atoms with Crippen molar-refractivity contribution in [2.45, 2.75) is 20.3 Å². The molecule has 0 heterocycles. The molecule has 1 rings (SSSR count). The number of carbonyl (C=O) groups excluding carboxylic acids is 1. The molecule has 0 N–H and O–H groups in total. The smallest absolute Gasteiger partial charge is 0.133 e. The molecule has 0 aromatic rings. The second kappa shape index (κ2) is 1.32. The molecule has 0 saturated heterocycles. The summed E-state index contributed by atoms with van der Waals surface area (Å²) < 4.78 is 0.